The van der Waals surface area contributed by atoms with E-state index in [-0.39, 0.29) is 0 Å². The number of hydrogen-bond acceptors (Lipinski definition) is 1. The molecule has 1 unspecified atom stereocenters. The van der Waals surface area contributed by atoms with Crippen LogP contribution in [0.2, 0.25) is 0 Å². The predicted molar refractivity (Wildman–Crippen MR) is 51.0 cm³/mol. The first-order valence-corrected chi connectivity index (χ1v) is 4.82. The van der Waals surface area contributed by atoms with Gasteiger partial charge in [-0.3, -0.25) is 4.79 Å². The Morgan fingerprint density at radius 3 is 2.00 bits per heavy atom. The number of hydrogen-bond donors (Lipinski definition) is 0. The van der Waals surface area contributed by atoms with E-state index in [1.807, 2.05) is 0 Å². The van der Waals surface area contributed by atoms with Gasteiger partial charge >= 0.3 is 12.4 Å². The third kappa shape index (κ3) is 3.02. The summed E-state index contributed by atoms with van der Waals surface area (Å²) < 4.78 is 74.5. The first-order chi connectivity index (χ1) is 8.05. The zero-order valence-electron chi connectivity index (χ0n) is 9.06. The molecule has 7 heteroatoms. The number of carbonyl (C=O) groups excluding carboxylic acids is 1. The predicted octanol–water partition coefficient (Wildman–Crippen LogP) is 4.09. The number of carbonyl (C=O) groups is 1. The molecule has 0 saturated carbocycles. The fourth-order valence-corrected chi connectivity index (χ4v) is 1.33. The second kappa shape index (κ2) is 4.62. The lowest BCUT2D eigenvalue weighted by Crippen LogP contribution is -2.29. The van der Waals surface area contributed by atoms with Crippen molar-refractivity contribution in [3.63, 3.8) is 0 Å². The Kier molecular flexibility index (Phi) is 3.73. The second-order valence-corrected chi connectivity index (χ2v) is 3.67. The Bertz CT molecular complexity index is 446. The van der Waals surface area contributed by atoms with E-state index in [1.54, 1.807) is 0 Å². The number of rotatable bonds is 2. The second-order valence-electron chi connectivity index (χ2n) is 3.67. The molecule has 0 aliphatic heterocycles. The lowest BCUT2D eigenvalue weighted by atomic mass is 9.94. The molecule has 0 heterocycles. The molecule has 0 aliphatic carbocycles. The Morgan fingerprint density at radius 1 is 1.06 bits per heavy atom. The number of Topliss-reactive ketones (excluding diaryl/α,β-unsaturated/α-hetero) is 1. The summed E-state index contributed by atoms with van der Waals surface area (Å²) in [6.45, 7) is 0.537. The minimum atomic E-state index is -4.87. The van der Waals surface area contributed by atoms with Crippen LogP contribution in [0, 0.1) is 5.92 Å². The number of alkyl halides is 6. The highest BCUT2D eigenvalue weighted by molar-refractivity contribution is 5.99. The molecule has 0 aliphatic rings. The van der Waals surface area contributed by atoms with E-state index in [1.165, 1.54) is 0 Å². The molecular weight excluding hydrogens is 262 g/mol. The number of ketones is 1. The monoisotopic (exact) mass is 270 g/mol. The molecule has 0 fully saturated rings. The molecule has 0 bridgehead atoms. The topological polar surface area (TPSA) is 17.1 Å². The van der Waals surface area contributed by atoms with Crippen LogP contribution in [0.3, 0.4) is 0 Å². The van der Waals surface area contributed by atoms with Crippen LogP contribution in [0.4, 0.5) is 26.3 Å². The Balaban J connectivity index is 3.23. The molecule has 1 atom stereocenters. The summed E-state index contributed by atoms with van der Waals surface area (Å²) in [6.07, 6.45) is -9.73. The lowest BCUT2D eigenvalue weighted by Gasteiger charge is -2.17. The molecular formula is C11H8F6O. The standard InChI is InChI=1S/C11H8F6O/c1-6(10(12,13)14)9(18)7-4-2-3-5-8(7)11(15,16)17/h2-6H,1H3. The van der Waals surface area contributed by atoms with Gasteiger partial charge in [0.05, 0.1) is 5.56 Å². The largest absolute Gasteiger partial charge is 0.417 e. The average Bonchev–Trinajstić information content (AvgIpc) is 2.24. The maximum Gasteiger partial charge on any atom is 0.417 e. The Morgan fingerprint density at radius 2 is 1.56 bits per heavy atom. The quantitative estimate of drug-likeness (QED) is 0.584. The van der Waals surface area contributed by atoms with Gasteiger partial charge in [0.2, 0.25) is 0 Å². The Hall–Kier alpha value is -1.53. The molecule has 0 amide bonds. The average molecular weight is 270 g/mol. The summed E-state index contributed by atoms with van der Waals surface area (Å²) in [7, 11) is 0. The summed E-state index contributed by atoms with van der Waals surface area (Å²) in [6, 6.07) is 3.42. The van der Waals surface area contributed by atoms with Gasteiger partial charge in [-0.2, -0.15) is 26.3 Å². The van der Waals surface area contributed by atoms with Gasteiger partial charge in [-0.15, -0.1) is 0 Å². The smallest absolute Gasteiger partial charge is 0.293 e. The number of halogens is 6. The van der Waals surface area contributed by atoms with Crippen LogP contribution < -0.4 is 0 Å². The van der Waals surface area contributed by atoms with Gasteiger partial charge in [-0.25, -0.2) is 0 Å². The van der Waals surface area contributed by atoms with Crippen molar-refractivity contribution in [2.45, 2.75) is 19.3 Å². The normalized spacial score (nSPS) is 14.4. The molecule has 0 N–H and O–H groups in total. The molecule has 0 spiro atoms. The van der Waals surface area contributed by atoms with Gasteiger partial charge in [0.25, 0.3) is 0 Å². The molecule has 1 rings (SSSR count). The summed E-state index contributed by atoms with van der Waals surface area (Å²) in [5.41, 5.74) is -2.32. The fraction of sp³-hybridized carbons (Fsp3) is 0.364. The van der Waals surface area contributed by atoms with Crippen molar-refractivity contribution in [3.05, 3.63) is 35.4 Å². The molecule has 1 nitrogen and oxygen atoms in total. The van der Waals surface area contributed by atoms with E-state index in [2.05, 4.69) is 0 Å². The zero-order valence-corrected chi connectivity index (χ0v) is 9.06. The van der Waals surface area contributed by atoms with E-state index in [0.29, 0.717) is 13.0 Å². The molecule has 1 aromatic rings. The highest BCUT2D eigenvalue weighted by Gasteiger charge is 2.44. The summed E-state index contributed by atoms with van der Waals surface area (Å²) >= 11 is 0. The summed E-state index contributed by atoms with van der Waals surface area (Å²) in [4.78, 5) is 11.4. The molecule has 18 heavy (non-hydrogen) atoms. The van der Waals surface area contributed by atoms with Crippen LogP contribution in [0.25, 0.3) is 0 Å². The van der Waals surface area contributed by atoms with E-state index in [9.17, 15) is 31.1 Å². The first-order valence-electron chi connectivity index (χ1n) is 4.82. The van der Waals surface area contributed by atoms with Crippen LogP contribution in [0.5, 0.6) is 0 Å². The van der Waals surface area contributed by atoms with Crippen molar-refractivity contribution in [1.82, 2.24) is 0 Å². The van der Waals surface area contributed by atoms with Gasteiger partial charge in [-0.1, -0.05) is 18.2 Å². The van der Waals surface area contributed by atoms with Crippen LogP contribution in [0.1, 0.15) is 22.8 Å². The van der Waals surface area contributed by atoms with Crippen molar-refractivity contribution in [1.29, 1.82) is 0 Å². The number of benzene rings is 1. The summed E-state index contributed by atoms with van der Waals surface area (Å²) in [5.74, 6) is -4.06. The van der Waals surface area contributed by atoms with E-state index in [0.717, 1.165) is 18.2 Å². The van der Waals surface area contributed by atoms with Gasteiger partial charge in [0, 0.05) is 5.56 Å². The van der Waals surface area contributed by atoms with E-state index >= 15 is 0 Å². The van der Waals surface area contributed by atoms with Crippen molar-refractivity contribution in [2.24, 2.45) is 5.92 Å². The fourth-order valence-electron chi connectivity index (χ4n) is 1.33. The van der Waals surface area contributed by atoms with E-state index < -0.39 is 35.2 Å². The van der Waals surface area contributed by atoms with Crippen molar-refractivity contribution >= 4 is 5.78 Å². The maximum absolute atomic E-state index is 12.5. The van der Waals surface area contributed by atoms with Crippen molar-refractivity contribution < 1.29 is 31.1 Å². The highest BCUT2D eigenvalue weighted by Crippen LogP contribution is 2.35. The minimum absolute atomic E-state index is 0.537. The highest BCUT2D eigenvalue weighted by atomic mass is 19.4. The molecule has 0 saturated heterocycles. The maximum atomic E-state index is 12.5. The first kappa shape index (κ1) is 14.5. The van der Waals surface area contributed by atoms with Gasteiger partial charge < -0.3 is 0 Å². The SMILES string of the molecule is CC(C(=O)c1ccccc1C(F)(F)F)C(F)(F)F. The van der Waals surface area contributed by atoms with Crippen LogP contribution in [-0.4, -0.2) is 12.0 Å². The zero-order chi connectivity index (χ0) is 14.1. The van der Waals surface area contributed by atoms with Crippen LogP contribution >= 0.6 is 0 Å². The summed E-state index contributed by atoms with van der Waals surface area (Å²) in [5, 5.41) is 0. The third-order valence-corrected chi connectivity index (χ3v) is 2.38. The molecule has 100 valence electrons. The molecule has 1 aromatic carbocycles. The van der Waals surface area contributed by atoms with Gasteiger partial charge in [0.15, 0.2) is 5.78 Å². The lowest BCUT2D eigenvalue weighted by molar-refractivity contribution is -0.156. The minimum Gasteiger partial charge on any atom is -0.293 e. The van der Waals surface area contributed by atoms with Gasteiger partial charge in [0.1, 0.15) is 5.92 Å². The molecule has 0 radical (unpaired) electrons. The van der Waals surface area contributed by atoms with Crippen LogP contribution in [-0.2, 0) is 6.18 Å². The van der Waals surface area contributed by atoms with Crippen molar-refractivity contribution in [2.75, 3.05) is 0 Å². The van der Waals surface area contributed by atoms with Crippen molar-refractivity contribution in [3.8, 4) is 0 Å². The molecule has 0 aromatic heterocycles. The van der Waals surface area contributed by atoms with E-state index in [4.69, 9.17) is 0 Å². The Labute approximate surface area is 98.4 Å². The van der Waals surface area contributed by atoms with Gasteiger partial charge in [-0.05, 0) is 13.0 Å². The van der Waals surface area contributed by atoms with Crippen LogP contribution in [0.15, 0.2) is 24.3 Å². The third-order valence-electron chi connectivity index (χ3n) is 2.38.